The Bertz CT molecular complexity index is 177. The average molecular weight is 248 g/mol. The molecule has 0 bridgehead atoms. The molecule has 0 saturated carbocycles. The van der Waals surface area contributed by atoms with Gasteiger partial charge in [0.05, 0.1) is 0 Å². The predicted molar refractivity (Wildman–Crippen MR) is 54.6 cm³/mol. The highest BCUT2D eigenvalue weighted by molar-refractivity contribution is 14.1. The third-order valence-corrected chi connectivity index (χ3v) is 3.39. The number of hydrogen-bond acceptors (Lipinski definition) is 0. The Kier molecular flexibility index (Phi) is 2.96. The highest BCUT2D eigenvalue weighted by Crippen LogP contribution is 2.26. The zero-order valence-electron chi connectivity index (χ0n) is 6.52. The molecule has 0 amide bonds. The van der Waals surface area contributed by atoms with Crippen molar-refractivity contribution in [3.05, 3.63) is 23.3 Å². The van der Waals surface area contributed by atoms with Crippen LogP contribution in [0.25, 0.3) is 0 Å². The van der Waals surface area contributed by atoms with Crippen LogP contribution >= 0.6 is 22.6 Å². The first-order valence-corrected chi connectivity index (χ1v) is 4.99. The van der Waals surface area contributed by atoms with E-state index >= 15 is 0 Å². The first-order valence-electron chi connectivity index (χ1n) is 3.74. The Labute approximate surface area is 76.5 Å². The standard InChI is InChI=1S/C9H13I/c1-3-8-5-4-7(2)9(10)6-8/h4-5,9H,3,6H2,1-2H3/t9-/m1/s1. The summed E-state index contributed by atoms with van der Waals surface area (Å²) in [7, 11) is 0. The summed E-state index contributed by atoms with van der Waals surface area (Å²) in [5.74, 6) is 0. The maximum absolute atomic E-state index is 2.51. The van der Waals surface area contributed by atoms with Crippen LogP contribution in [-0.4, -0.2) is 3.92 Å². The summed E-state index contributed by atoms with van der Waals surface area (Å²) in [6.07, 6.45) is 6.99. The molecular weight excluding hydrogens is 235 g/mol. The van der Waals surface area contributed by atoms with Crippen molar-refractivity contribution >= 4 is 22.6 Å². The van der Waals surface area contributed by atoms with Crippen molar-refractivity contribution in [1.29, 1.82) is 0 Å². The minimum Gasteiger partial charge on any atom is -0.0774 e. The molecule has 0 aromatic carbocycles. The van der Waals surface area contributed by atoms with Gasteiger partial charge in [0, 0.05) is 3.92 Å². The molecule has 56 valence electrons. The molecule has 0 aromatic heterocycles. The molecule has 0 spiro atoms. The van der Waals surface area contributed by atoms with Gasteiger partial charge in [0.2, 0.25) is 0 Å². The van der Waals surface area contributed by atoms with Crippen molar-refractivity contribution in [2.75, 3.05) is 0 Å². The molecule has 1 aliphatic carbocycles. The third kappa shape index (κ3) is 1.84. The SMILES string of the molecule is CCC1=CC=C(C)[C@H](I)C1. The quantitative estimate of drug-likeness (QED) is 0.492. The fourth-order valence-corrected chi connectivity index (χ4v) is 1.85. The fourth-order valence-electron chi connectivity index (χ4n) is 1.08. The van der Waals surface area contributed by atoms with Gasteiger partial charge in [0.15, 0.2) is 0 Å². The number of hydrogen-bond donors (Lipinski definition) is 0. The molecule has 0 aromatic rings. The van der Waals surface area contributed by atoms with E-state index in [1.807, 2.05) is 0 Å². The monoisotopic (exact) mass is 248 g/mol. The maximum Gasteiger partial charge on any atom is 0.0356 e. The first kappa shape index (κ1) is 8.31. The molecule has 1 rings (SSSR count). The molecule has 1 heteroatoms. The minimum absolute atomic E-state index is 0.748. The Hall–Kier alpha value is 0.210. The lowest BCUT2D eigenvalue weighted by atomic mass is 9.98. The van der Waals surface area contributed by atoms with Gasteiger partial charge in [-0.3, -0.25) is 0 Å². The summed E-state index contributed by atoms with van der Waals surface area (Å²) in [5, 5.41) is 0. The van der Waals surface area contributed by atoms with Crippen LogP contribution in [-0.2, 0) is 0 Å². The van der Waals surface area contributed by atoms with Crippen LogP contribution in [0.1, 0.15) is 26.7 Å². The highest BCUT2D eigenvalue weighted by atomic mass is 127. The van der Waals surface area contributed by atoms with Crippen molar-refractivity contribution in [2.45, 2.75) is 30.6 Å². The summed E-state index contributed by atoms with van der Waals surface area (Å²) >= 11 is 2.51. The van der Waals surface area contributed by atoms with Gasteiger partial charge in [-0.2, -0.15) is 0 Å². The van der Waals surface area contributed by atoms with Crippen LogP contribution in [0.2, 0.25) is 0 Å². The van der Waals surface area contributed by atoms with E-state index in [0.29, 0.717) is 0 Å². The lowest BCUT2D eigenvalue weighted by Gasteiger charge is -2.16. The number of alkyl halides is 1. The van der Waals surface area contributed by atoms with Gasteiger partial charge >= 0.3 is 0 Å². The second kappa shape index (κ2) is 3.56. The van der Waals surface area contributed by atoms with E-state index in [4.69, 9.17) is 0 Å². The molecule has 0 unspecified atom stereocenters. The van der Waals surface area contributed by atoms with Crippen LogP contribution in [0.5, 0.6) is 0 Å². The molecular formula is C9H13I. The van der Waals surface area contributed by atoms with E-state index in [0.717, 1.165) is 3.92 Å². The van der Waals surface area contributed by atoms with Crippen molar-refractivity contribution in [3.8, 4) is 0 Å². The van der Waals surface area contributed by atoms with Gasteiger partial charge in [-0.05, 0) is 19.8 Å². The molecule has 0 nitrogen and oxygen atoms in total. The van der Waals surface area contributed by atoms with Gasteiger partial charge in [-0.1, -0.05) is 52.8 Å². The van der Waals surface area contributed by atoms with E-state index in [-0.39, 0.29) is 0 Å². The Morgan fingerprint density at radius 2 is 2.30 bits per heavy atom. The van der Waals surface area contributed by atoms with Gasteiger partial charge in [-0.25, -0.2) is 0 Å². The van der Waals surface area contributed by atoms with Crippen molar-refractivity contribution in [1.82, 2.24) is 0 Å². The molecule has 1 atom stereocenters. The average Bonchev–Trinajstić information content (AvgIpc) is 1.95. The van der Waals surface area contributed by atoms with Crippen LogP contribution in [0.15, 0.2) is 23.3 Å². The van der Waals surface area contributed by atoms with E-state index in [2.05, 4.69) is 48.6 Å². The maximum atomic E-state index is 2.51. The number of rotatable bonds is 1. The smallest absolute Gasteiger partial charge is 0.0356 e. The summed E-state index contributed by atoms with van der Waals surface area (Å²) in [5.41, 5.74) is 3.10. The van der Waals surface area contributed by atoms with E-state index in [1.54, 1.807) is 5.57 Å². The second-order valence-corrected chi connectivity index (χ2v) is 4.26. The van der Waals surface area contributed by atoms with Crippen molar-refractivity contribution < 1.29 is 0 Å². The van der Waals surface area contributed by atoms with Crippen LogP contribution in [0.4, 0.5) is 0 Å². The molecule has 0 N–H and O–H groups in total. The van der Waals surface area contributed by atoms with Gasteiger partial charge in [0.25, 0.3) is 0 Å². The molecule has 0 aliphatic heterocycles. The zero-order chi connectivity index (χ0) is 7.56. The zero-order valence-corrected chi connectivity index (χ0v) is 8.68. The van der Waals surface area contributed by atoms with E-state index < -0.39 is 0 Å². The molecule has 1 aliphatic rings. The minimum atomic E-state index is 0.748. The topological polar surface area (TPSA) is 0 Å². The number of halogens is 1. The van der Waals surface area contributed by atoms with E-state index in [1.165, 1.54) is 18.4 Å². The molecule has 10 heavy (non-hydrogen) atoms. The summed E-state index contributed by atoms with van der Waals surface area (Å²) in [6.45, 7) is 4.43. The van der Waals surface area contributed by atoms with Crippen molar-refractivity contribution in [2.24, 2.45) is 0 Å². The van der Waals surface area contributed by atoms with Crippen LogP contribution in [0.3, 0.4) is 0 Å². The molecule has 0 saturated heterocycles. The van der Waals surface area contributed by atoms with Gasteiger partial charge in [-0.15, -0.1) is 0 Å². The second-order valence-electron chi connectivity index (χ2n) is 2.76. The van der Waals surface area contributed by atoms with Crippen LogP contribution < -0.4 is 0 Å². The third-order valence-electron chi connectivity index (χ3n) is 1.97. The van der Waals surface area contributed by atoms with Gasteiger partial charge < -0.3 is 0 Å². The Morgan fingerprint density at radius 3 is 2.80 bits per heavy atom. The van der Waals surface area contributed by atoms with Gasteiger partial charge in [0.1, 0.15) is 0 Å². The Morgan fingerprint density at radius 1 is 1.60 bits per heavy atom. The van der Waals surface area contributed by atoms with Crippen molar-refractivity contribution in [3.63, 3.8) is 0 Å². The fraction of sp³-hybridized carbons (Fsp3) is 0.556. The lowest BCUT2D eigenvalue weighted by Crippen LogP contribution is -2.04. The van der Waals surface area contributed by atoms with Crippen LogP contribution in [0, 0.1) is 0 Å². The molecule has 0 heterocycles. The summed E-state index contributed by atoms with van der Waals surface area (Å²) in [4.78, 5) is 0. The van der Waals surface area contributed by atoms with E-state index in [9.17, 15) is 0 Å². The lowest BCUT2D eigenvalue weighted by molar-refractivity contribution is 0.892. The summed E-state index contributed by atoms with van der Waals surface area (Å²) in [6, 6.07) is 0. The molecule has 0 fully saturated rings. The summed E-state index contributed by atoms with van der Waals surface area (Å²) < 4.78 is 0.748. The number of allylic oxidation sites excluding steroid dienone is 4. The normalized spacial score (nSPS) is 25.7. The Balaban J connectivity index is 2.68. The highest BCUT2D eigenvalue weighted by Gasteiger charge is 2.10. The predicted octanol–water partition coefficient (Wildman–Crippen LogP) is 3.48. The first-order chi connectivity index (χ1) is 4.74. The largest absolute Gasteiger partial charge is 0.0774 e. The molecule has 0 radical (unpaired) electrons.